The number of carbonyl (C=O) groups excluding carboxylic acids is 2. The molecule has 0 fully saturated rings. The van der Waals surface area contributed by atoms with E-state index in [4.69, 9.17) is 16.3 Å². The molecule has 0 heterocycles. The summed E-state index contributed by atoms with van der Waals surface area (Å²) in [5, 5.41) is 6.48. The van der Waals surface area contributed by atoms with Gasteiger partial charge >= 0.3 is 12.2 Å². The molecular formula is C13H15ClF3N3O3. The number of alkyl halides is 3. The second-order valence-electron chi connectivity index (χ2n) is 4.50. The Hall–Kier alpha value is -2.16. The smallest absolute Gasteiger partial charge is 0.405 e. The van der Waals surface area contributed by atoms with E-state index in [-0.39, 0.29) is 6.54 Å². The summed E-state index contributed by atoms with van der Waals surface area (Å²) < 4.78 is 40.8. The van der Waals surface area contributed by atoms with Gasteiger partial charge in [0.05, 0.1) is 19.3 Å². The highest BCUT2D eigenvalue weighted by Crippen LogP contribution is 2.30. The molecule has 0 aliphatic heterocycles. The average molecular weight is 354 g/mol. The van der Waals surface area contributed by atoms with Crippen LogP contribution in [0, 0.1) is 6.92 Å². The Balaban J connectivity index is 2.53. The number of benzene rings is 1. The van der Waals surface area contributed by atoms with Gasteiger partial charge < -0.3 is 15.4 Å². The lowest BCUT2D eigenvalue weighted by molar-refractivity contribution is -0.124. The predicted molar refractivity (Wildman–Crippen MR) is 78.8 cm³/mol. The highest BCUT2D eigenvalue weighted by molar-refractivity contribution is 6.31. The Morgan fingerprint density at radius 2 is 1.96 bits per heavy atom. The van der Waals surface area contributed by atoms with Gasteiger partial charge in [0.1, 0.15) is 12.3 Å². The topological polar surface area (TPSA) is 79.5 Å². The number of aryl methyl sites for hydroxylation is 1. The van der Waals surface area contributed by atoms with Crippen LogP contribution in [0.15, 0.2) is 12.1 Å². The third-order valence-corrected chi connectivity index (χ3v) is 3.03. The summed E-state index contributed by atoms with van der Waals surface area (Å²) in [6, 6.07) is 1.96. The van der Waals surface area contributed by atoms with Gasteiger partial charge in [0.2, 0.25) is 5.91 Å². The van der Waals surface area contributed by atoms with E-state index in [1.54, 1.807) is 24.4 Å². The molecule has 0 saturated heterocycles. The van der Waals surface area contributed by atoms with Crippen molar-refractivity contribution in [3.8, 4) is 5.75 Å². The zero-order valence-electron chi connectivity index (χ0n) is 12.3. The normalized spacial score (nSPS) is 10.9. The maximum absolute atomic E-state index is 11.9. The maximum atomic E-state index is 11.9. The molecule has 3 amide bonds. The first-order valence-corrected chi connectivity index (χ1v) is 6.72. The van der Waals surface area contributed by atoms with Gasteiger partial charge in [0.25, 0.3) is 0 Å². The first kappa shape index (κ1) is 18.9. The van der Waals surface area contributed by atoms with Gasteiger partial charge in [-0.15, -0.1) is 0 Å². The van der Waals surface area contributed by atoms with Crippen molar-refractivity contribution in [2.24, 2.45) is 0 Å². The molecule has 1 rings (SSSR count). The summed E-state index contributed by atoms with van der Waals surface area (Å²) in [7, 11) is 1.41. The summed E-state index contributed by atoms with van der Waals surface area (Å²) in [5.74, 6) is -0.422. The van der Waals surface area contributed by atoms with Gasteiger partial charge in [-0.2, -0.15) is 13.2 Å². The van der Waals surface area contributed by atoms with Crippen LogP contribution < -0.4 is 20.7 Å². The van der Waals surface area contributed by atoms with Crippen molar-refractivity contribution < 1.29 is 27.5 Å². The van der Waals surface area contributed by atoms with Gasteiger partial charge in [-0.05, 0) is 18.6 Å². The lowest BCUT2D eigenvalue weighted by Gasteiger charge is -2.13. The fourth-order valence-electron chi connectivity index (χ4n) is 1.54. The molecule has 6 nitrogen and oxygen atoms in total. The number of imide groups is 1. The minimum Gasteiger partial charge on any atom is -0.495 e. The fraction of sp³-hybridized carbons (Fsp3) is 0.385. The molecule has 0 aromatic heterocycles. The van der Waals surface area contributed by atoms with Gasteiger partial charge in [-0.1, -0.05) is 11.6 Å². The van der Waals surface area contributed by atoms with Crippen LogP contribution in [0.25, 0.3) is 0 Å². The molecule has 0 bridgehead atoms. The van der Waals surface area contributed by atoms with Crippen LogP contribution >= 0.6 is 11.6 Å². The van der Waals surface area contributed by atoms with Crippen LogP contribution in [0.1, 0.15) is 5.56 Å². The van der Waals surface area contributed by atoms with E-state index in [0.29, 0.717) is 16.5 Å². The minimum atomic E-state index is -4.55. The SMILES string of the molecule is COc1cc(Cl)c(C)cc1NCC(=O)NC(=O)NCC(F)(F)F. The second-order valence-corrected chi connectivity index (χ2v) is 4.91. The summed E-state index contributed by atoms with van der Waals surface area (Å²) in [4.78, 5) is 22.6. The van der Waals surface area contributed by atoms with Gasteiger partial charge in [-0.25, -0.2) is 4.79 Å². The van der Waals surface area contributed by atoms with E-state index >= 15 is 0 Å². The number of urea groups is 1. The van der Waals surface area contributed by atoms with E-state index < -0.39 is 24.7 Å². The van der Waals surface area contributed by atoms with Crippen LogP contribution in [-0.2, 0) is 4.79 Å². The molecule has 0 aliphatic carbocycles. The molecule has 128 valence electrons. The third-order valence-electron chi connectivity index (χ3n) is 2.62. The van der Waals surface area contributed by atoms with Crippen molar-refractivity contribution in [1.82, 2.24) is 10.6 Å². The summed E-state index contributed by atoms with van der Waals surface area (Å²) in [6.07, 6.45) is -4.55. The Bertz CT molecular complexity index is 594. The number of amides is 3. The van der Waals surface area contributed by atoms with E-state index in [1.807, 2.05) is 0 Å². The Morgan fingerprint density at radius 1 is 1.30 bits per heavy atom. The van der Waals surface area contributed by atoms with Crippen molar-refractivity contribution in [2.45, 2.75) is 13.1 Å². The number of halogens is 4. The third kappa shape index (κ3) is 6.64. The molecule has 0 radical (unpaired) electrons. The quantitative estimate of drug-likeness (QED) is 0.759. The Labute approximate surface area is 135 Å². The molecule has 0 saturated carbocycles. The minimum absolute atomic E-state index is 0.336. The monoisotopic (exact) mass is 353 g/mol. The molecule has 1 aromatic rings. The first-order valence-electron chi connectivity index (χ1n) is 6.35. The summed E-state index contributed by atoms with van der Waals surface area (Å²) in [5.41, 5.74) is 1.19. The van der Waals surface area contributed by atoms with Crippen LogP contribution in [0.3, 0.4) is 0 Å². The number of rotatable bonds is 5. The van der Waals surface area contributed by atoms with E-state index in [0.717, 1.165) is 5.56 Å². The van der Waals surface area contributed by atoms with Crippen LogP contribution in [-0.4, -0.2) is 38.3 Å². The largest absolute Gasteiger partial charge is 0.495 e. The summed E-state index contributed by atoms with van der Waals surface area (Å²) >= 11 is 5.94. The van der Waals surface area contributed by atoms with E-state index in [9.17, 15) is 22.8 Å². The van der Waals surface area contributed by atoms with Crippen LogP contribution in [0.2, 0.25) is 5.02 Å². The standard InChI is InChI=1S/C13H15ClF3N3O3/c1-7-3-9(10(23-2)4-8(7)14)18-5-11(21)20-12(22)19-6-13(15,16)17/h3-4,18H,5-6H2,1-2H3,(H2,19,20,21,22). The van der Waals surface area contributed by atoms with Crippen molar-refractivity contribution in [3.05, 3.63) is 22.7 Å². The highest BCUT2D eigenvalue weighted by atomic mass is 35.5. The predicted octanol–water partition coefficient (Wildman–Crippen LogP) is 2.46. The molecule has 3 N–H and O–H groups in total. The zero-order chi connectivity index (χ0) is 17.6. The molecule has 10 heteroatoms. The fourth-order valence-corrected chi connectivity index (χ4v) is 1.69. The number of hydrogen-bond acceptors (Lipinski definition) is 4. The van der Waals surface area contributed by atoms with Crippen molar-refractivity contribution in [2.75, 3.05) is 25.5 Å². The number of carbonyl (C=O) groups is 2. The number of methoxy groups -OCH3 is 1. The number of anilines is 1. The Morgan fingerprint density at radius 3 is 2.52 bits per heavy atom. The molecular weight excluding hydrogens is 339 g/mol. The number of nitrogens with one attached hydrogen (secondary N) is 3. The van der Waals surface area contributed by atoms with Crippen molar-refractivity contribution in [3.63, 3.8) is 0 Å². The zero-order valence-corrected chi connectivity index (χ0v) is 13.1. The van der Waals surface area contributed by atoms with Crippen LogP contribution in [0.5, 0.6) is 5.75 Å². The Kier molecular flexibility index (Phi) is 6.49. The average Bonchev–Trinajstić information content (AvgIpc) is 2.45. The molecule has 0 spiro atoms. The van der Waals surface area contributed by atoms with Crippen molar-refractivity contribution in [1.29, 1.82) is 0 Å². The highest BCUT2D eigenvalue weighted by Gasteiger charge is 2.27. The van der Waals surface area contributed by atoms with E-state index in [2.05, 4.69) is 5.32 Å². The van der Waals surface area contributed by atoms with Gasteiger partial charge in [0, 0.05) is 11.1 Å². The van der Waals surface area contributed by atoms with Crippen LogP contribution in [0.4, 0.5) is 23.7 Å². The molecule has 1 aromatic carbocycles. The molecule has 0 aliphatic rings. The number of ether oxygens (including phenoxy) is 1. The van der Waals surface area contributed by atoms with Gasteiger partial charge in [-0.3, -0.25) is 10.1 Å². The summed E-state index contributed by atoms with van der Waals surface area (Å²) in [6.45, 7) is -0.113. The first-order chi connectivity index (χ1) is 10.6. The molecule has 0 atom stereocenters. The lowest BCUT2D eigenvalue weighted by Crippen LogP contribution is -2.45. The second kappa shape index (κ2) is 7.91. The van der Waals surface area contributed by atoms with Gasteiger partial charge in [0.15, 0.2) is 0 Å². The van der Waals surface area contributed by atoms with E-state index in [1.165, 1.54) is 12.4 Å². The number of hydrogen-bond donors (Lipinski definition) is 3. The molecule has 23 heavy (non-hydrogen) atoms. The maximum Gasteiger partial charge on any atom is 0.405 e. The van der Waals surface area contributed by atoms with Crippen molar-refractivity contribution >= 4 is 29.2 Å². The lowest BCUT2D eigenvalue weighted by atomic mass is 10.2. The molecule has 0 unspecified atom stereocenters.